The first-order chi connectivity index (χ1) is 12.5. The fraction of sp³-hybridized carbons (Fsp3) is 0.286. The van der Waals surface area contributed by atoms with Crippen LogP contribution in [0.3, 0.4) is 0 Å². The fourth-order valence-electron chi connectivity index (χ4n) is 2.05. The van der Waals surface area contributed by atoms with Gasteiger partial charge in [0.05, 0.1) is 11.5 Å². The van der Waals surface area contributed by atoms with E-state index in [0.29, 0.717) is 11.9 Å². The molecule has 0 amide bonds. The highest BCUT2D eigenvalue weighted by molar-refractivity contribution is 7.89. The minimum Gasteiger partial charge on any atom is -0.444 e. The lowest BCUT2D eigenvalue weighted by molar-refractivity contribution is -0.248. The summed E-state index contributed by atoms with van der Waals surface area (Å²) in [5.74, 6) is -1.06. The van der Waals surface area contributed by atoms with Crippen molar-refractivity contribution in [2.75, 3.05) is 11.9 Å². The van der Waals surface area contributed by atoms with Crippen molar-refractivity contribution >= 4 is 21.7 Å². The molecule has 0 saturated carbocycles. The summed E-state index contributed by atoms with van der Waals surface area (Å²) in [6, 6.07) is 5.08. The molecule has 0 aliphatic carbocycles. The van der Waals surface area contributed by atoms with Gasteiger partial charge < -0.3 is 19.9 Å². The van der Waals surface area contributed by atoms with Gasteiger partial charge in [-0.05, 0) is 24.3 Å². The second kappa shape index (κ2) is 6.92. The van der Waals surface area contributed by atoms with Crippen LogP contribution in [0.1, 0.15) is 5.56 Å². The van der Waals surface area contributed by atoms with Gasteiger partial charge in [0.25, 0.3) is 0 Å². The molecule has 13 heteroatoms. The van der Waals surface area contributed by atoms with Crippen LogP contribution in [-0.2, 0) is 20.9 Å². The van der Waals surface area contributed by atoms with Crippen LogP contribution in [0.5, 0.6) is 5.88 Å². The fourth-order valence-corrected chi connectivity index (χ4v) is 2.57. The van der Waals surface area contributed by atoms with E-state index in [1.54, 1.807) is 0 Å². The Bertz CT molecular complexity index is 937. The van der Waals surface area contributed by atoms with E-state index >= 15 is 0 Å². The van der Waals surface area contributed by atoms with Crippen LogP contribution in [0, 0.1) is 0 Å². The Morgan fingerprint density at radius 1 is 1.30 bits per heavy atom. The molecular formula is C14H13F3N4O5S. The normalized spacial score (nSPS) is 20.0. The lowest BCUT2D eigenvalue weighted by Gasteiger charge is -2.32. The van der Waals surface area contributed by atoms with Gasteiger partial charge in [-0.2, -0.15) is 18.2 Å². The first-order valence-electron chi connectivity index (χ1n) is 7.34. The van der Waals surface area contributed by atoms with Crippen molar-refractivity contribution in [3.05, 3.63) is 36.0 Å². The van der Waals surface area contributed by atoms with Crippen LogP contribution < -0.4 is 15.2 Å². The number of halogens is 3. The SMILES string of the molecule is NS(=O)(=O)c1ccc(Nc2ncc(C(F)(F)F)c(OC3OCC3O)n2)cc1. The van der Waals surface area contributed by atoms with Gasteiger partial charge in [-0.1, -0.05) is 0 Å². The Hall–Kier alpha value is -2.48. The maximum Gasteiger partial charge on any atom is 0.423 e. The molecular weight excluding hydrogens is 393 g/mol. The van der Waals surface area contributed by atoms with Crippen molar-refractivity contribution in [1.82, 2.24) is 9.97 Å². The molecule has 1 saturated heterocycles. The zero-order valence-corrected chi connectivity index (χ0v) is 14.2. The molecule has 146 valence electrons. The van der Waals surface area contributed by atoms with Crippen LogP contribution >= 0.6 is 0 Å². The van der Waals surface area contributed by atoms with Gasteiger partial charge >= 0.3 is 6.18 Å². The molecule has 3 rings (SSSR count). The Morgan fingerprint density at radius 2 is 1.96 bits per heavy atom. The van der Waals surface area contributed by atoms with E-state index in [1.165, 1.54) is 24.3 Å². The van der Waals surface area contributed by atoms with Crippen molar-refractivity contribution in [3.63, 3.8) is 0 Å². The van der Waals surface area contributed by atoms with Crippen molar-refractivity contribution in [2.45, 2.75) is 23.5 Å². The van der Waals surface area contributed by atoms with Gasteiger partial charge in [-0.15, -0.1) is 0 Å². The quantitative estimate of drug-likeness (QED) is 0.669. The molecule has 2 unspecified atom stereocenters. The molecule has 1 fully saturated rings. The summed E-state index contributed by atoms with van der Waals surface area (Å²) in [5.41, 5.74) is -0.937. The van der Waals surface area contributed by atoms with Gasteiger partial charge in [0, 0.05) is 11.9 Å². The van der Waals surface area contributed by atoms with E-state index in [1.807, 2.05) is 0 Å². The van der Waals surface area contributed by atoms with Crippen LogP contribution in [0.2, 0.25) is 0 Å². The number of nitrogens with two attached hydrogens (primary N) is 1. The number of aliphatic hydroxyl groups is 1. The van der Waals surface area contributed by atoms with Crippen LogP contribution in [0.25, 0.3) is 0 Å². The first kappa shape index (κ1) is 19.3. The minimum atomic E-state index is -4.78. The number of aliphatic hydroxyl groups excluding tert-OH is 1. The zero-order chi connectivity index (χ0) is 19.8. The maximum atomic E-state index is 13.1. The molecule has 1 aromatic carbocycles. The molecule has 1 aromatic heterocycles. The number of hydrogen-bond donors (Lipinski definition) is 3. The summed E-state index contributed by atoms with van der Waals surface area (Å²) in [6.07, 6.45) is -6.58. The molecule has 0 radical (unpaired) electrons. The molecule has 2 atom stereocenters. The lowest BCUT2D eigenvalue weighted by Crippen LogP contribution is -2.48. The summed E-state index contributed by atoms with van der Waals surface area (Å²) in [7, 11) is -3.88. The van der Waals surface area contributed by atoms with Crippen molar-refractivity contribution in [1.29, 1.82) is 0 Å². The van der Waals surface area contributed by atoms with E-state index in [-0.39, 0.29) is 17.5 Å². The minimum absolute atomic E-state index is 0.0569. The Morgan fingerprint density at radius 3 is 2.44 bits per heavy atom. The number of sulfonamides is 1. The number of primary sulfonamides is 1. The third kappa shape index (κ3) is 4.44. The highest BCUT2D eigenvalue weighted by atomic mass is 32.2. The number of anilines is 2. The second-order valence-corrected chi connectivity index (χ2v) is 7.05. The molecule has 1 aliphatic heterocycles. The summed E-state index contributed by atoms with van der Waals surface area (Å²) in [6.45, 7) is -0.0569. The molecule has 0 bridgehead atoms. The summed E-state index contributed by atoms with van der Waals surface area (Å²) in [4.78, 5) is 7.10. The number of ether oxygens (including phenoxy) is 2. The van der Waals surface area contributed by atoms with Gasteiger partial charge in [-0.3, -0.25) is 0 Å². The molecule has 2 heterocycles. The monoisotopic (exact) mass is 406 g/mol. The molecule has 2 aromatic rings. The average molecular weight is 406 g/mol. The molecule has 0 spiro atoms. The predicted octanol–water partition coefficient (Wildman–Crippen LogP) is 0.982. The lowest BCUT2D eigenvalue weighted by atomic mass is 10.2. The van der Waals surface area contributed by atoms with Gasteiger partial charge in [0.1, 0.15) is 11.7 Å². The summed E-state index contributed by atoms with van der Waals surface area (Å²) < 4.78 is 71.5. The second-order valence-electron chi connectivity index (χ2n) is 5.49. The number of alkyl halides is 3. The van der Waals surface area contributed by atoms with Crippen molar-refractivity contribution in [3.8, 4) is 5.88 Å². The third-order valence-corrected chi connectivity index (χ3v) is 4.40. The van der Waals surface area contributed by atoms with Crippen LogP contribution in [-0.4, -0.2) is 42.5 Å². The molecule has 9 nitrogen and oxygen atoms in total. The molecule has 27 heavy (non-hydrogen) atoms. The number of aromatic nitrogens is 2. The van der Waals surface area contributed by atoms with E-state index < -0.39 is 40.0 Å². The highest BCUT2D eigenvalue weighted by Gasteiger charge is 2.39. The Labute approximate surface area is 151 Å². The Balaban J connectivity index is 1.85. The molecule has 4 N–H and O–H groups in total. The smallest absolute Gasteiger partial charge is 0.423 e. The maximum absolute atomic E-state index is 13.1. The van der Waals surface area contributed by atoms with Crippen molar-refractivity contribution in [2.24, 2.45) is 5.14 Å². The number of nitrogens with one attached hydrogen (secondary N) is 1. The topological polar surface area (TPSA) is 137 Å². The number of hydrogen-bond acceptors (Lipinski definition) is 8. The summed E-state index contributed by atoms with van der Waals surface area (Å²) in [5, 5.41) is 17.0. The van der Waals surface area contributed by atoms with Crippen LogP contribution in [0.15, 0.2) is 35.4 Å². The van der Waals surface area contributed by atoms with Crippen molar-refractivity contribution < 1.29 is 36.2 Å². The van der Waals surface area contributed by atoms with E-state index in [9.17, 15) is 26.7 Å². The number of rotatable bonds is 5. The Kier molecular flexibility index (Phi) is 4.94. The summed E-state index contributed by atoms with van der Waals surface area (Å²) >= 11 is 0. The molecule has 1 aliphatic rings. The highest BCUT2D eigenvalue weighted by Crippen LogP contribution is 2.36. The van der Waals surface area contributed by atoms with Gasteiger partial charge in [-0.25, -0.2) is 18.5 Å². The zero-order valence-electron chi connectivity index (χ0n) is 13.3. The third-order valence-electron chi connectivity index (χ3n) is 3.47. The largest absolute Gasteiger partial charge is 0.444 e. The van der Waals surface area contributed by atoms with Crippen LogP contribution in [0.4, 0.5) is 24.8 Å². The number of nitrogens with zero attached hydrogens (tertiary/aromatic N) is 2. The van der Waals surface area contributed by atoms with Gasteiger partial charge in [0.15, 0.2) is 0 Å². The predicted molar refractivity (Wildman–Crippen MR) is 84.5 cm³/mol. The number of benzene rings is 1. The standard InChI is InChI=1S/C14H13F3N4O5S/c15-14(16,17)9-5-19-13(21-11(9)26-12-10(22)6-25-12)20-7-1-3-8(4-2-7)27(18,23)24/h1-5,10,12,22H,6H2,(H2,18,23,24)(H,19,20,21). The van der Waals surface area contributed by atoms with E-state index in [0.717, 1.165) is 0 Å². The van der Waals surface area contributed by atoms with Gasteiger partial charge in [0.2, 0.25) is 28.1 Å². The van der Waals surface area contributed by atoms with E-state index in [4.69, 9.17) is 14.6 Å². The van der Waals surface area contributed by atoms with E-state index in [2.05, 4.69) is 15.3 Å². The first-order valence-corrected chi connectivity index (χ1v) is 8.89. The average Bonchev–Trinajstić information content (AvgIpc) is 2.57.